The quantitative estimate of drug-likeness (QED) is 0.489. The molecule has 1 aromatic carbocycles. The summed E-state index contributed by atoms with van der Waals surface area (Å²) in [7, 11) is 1.63. The standard InChI is InChI=1S/C13H16IN3O3/c1-15-13(18)12-4-2-3-7-16(12)9-5-6-11(17(19)20)10(14)8-9/h5-6,8,12H,2-4,7H2,1H3,(H,15,18). The molecule has 1 amide bonds. The Morgan fingerprint density at radius 3 is 2.85 bits per heavy atom. The number of rotatable bonds is 3. The van der Waals surface area contributed by atoms with E-state index < -0.39 is 4.92 Å². The van der Waals surface area contributed by atoms with Gasteiger partial charge in [-0.25, -0.2) is 0 Å². The van der Waals surface area contributed by atoms with Crippen LogP contribution in [-0.4, -0.2) is 30.5 Å². The van der Waals surface area contributed by atoms with Gasteiger partial charge in [-0.2, -0.15) is 0 Å². The van der Waals surface area contributed by atoms with Crippen LogP contribution in [0.1, 0.15) is 19.3 Å². The minimum atomic E-state index is -0.391. The molecule has 1 aliphatic heterocycles. The number of carbonyl (C=O) groups excluding carboxylic acids is 1. The van der Waals surface area contributed by atoms with Gasteiger partial charge in [0.15, 0.2) is 0 Å². The fourth-order valence-corrected chi connectivity index (χ4v) is 3.20. The van der Waals surface area contributed by atoms with Gasteiger partial charge >= 0.3 is 0 Å². The predicted octanol–water partition coefficient (Wildman–Crippen LogP) is 2.30. The van der Waals surface area contributed by atoms with Crippen LogP contribution in [-0.2, 0) is 4.79 Å². The molecule has 1 aliphatic rings. The Bertz CT molecular complexity index is 536. The number of amides is 1. The van der Waals surface area contributed by atoms with Crippen molar-refractivity contribution in [3.8, 4) is 0 Å². The topological polar surface area (TPSA) is 75.5 Å². The zero-order chi connectivity index (χ0) is 14.7. The number of hydrogen-bond acceptors (Lipinski definition) is 4. The summed E-state index contributed by atoms with van der Waals surface area (Å²) in [6, 6.07) is 4.82. The van der Waals surface area contributed by atoms with E-state index in [4.69, 9.17) is 0 Å². The molecule has 1 aromatic rings. The third-order valence-electron chi connectivity index (χ3n) is 3.51. The lowest BCUT2D eigenvalue weighted by Gasteiger charge is -2.36. The number of benzene rings is 1. The molecule has 1 saturated heterocycles. The van der Waals surface area contributed by atoms with Crippen LogP contribution >= 0.6 is 22.6 Å². The van der Waals surface area contributed by atoms with Gasteiger partial charge in [0.2, 0.25) is 5.91 Å². The second kappa shape index (κ2) is 6.38. The second-order valence-electron chi connectivity index (χ2n) is 4.71. The average Bonchev–Trinajstić information content (AvgIpc) is 2.46. The first kappa shape index (κ1) is 15.0. The number of piperidine rings is 1. The van der Waals surface area contributed by atoms with Crippen LogP contribution in [0.4, 0.5) is 11.4 Å². The SMILES string of the molecule is CNC(=O)C1CCCCN1c1ccc([N+](=O)[O-])c(I)c1. The molecule has 108 valence electrons. The molecule has 2 rings (SSSR count). The van der Waals surface area contributed by atoms with Crippen molar-refractivity contribution in [3.05, 3.63) is 31.9 Å². The molecule has 1 atom stereocenters. The zero-order valence-electron chi connectivity index (χ0n) is 11.1. The number of nitrogens with zero attached hydrogens (tertiary/aromatic N) is 2. The third-order valence-corrected chi connectivity index (χ3v) is 4.38. The molecule has 1 heterocycles. The van der Waals surface area contributed by atoms with Gasteiger partial charge in [0, 0.05) is 25.3 Å². The van der Waals surface area contributed by atoms with E-state index in [0.29, 0.717) is 3.57 Å². The van der Waals surface area contributed by atoms with Gasteiger partial charge in [0.1, 0.15) is 6.04 Å². The molecule has 1 unspecified atom stereocenters. The van der Waals surface area contributed by atoms with Crippen LogP contribution in [0.25, 0.3) is 0 Å². The molecule has 0 aliphatic carbocycles. The van der Waals surface area contributed by atoms with E-state index in [1.54, 1.807) is 19.2 Å². The molecule has 1 N–H and O–H groups in total. The number of likely N-dealkylation sites (N-methyl/N-ethyl adjacent to an activating group) is 1. The number of carbonyl (C=O) groups is 1. The average molecular weight is 389 g/mol. The number of anilines is 1. The van der Waals surface area contributed by atoms with E-state index in [1.807, 2.05) is 27.5 Å². The minimum Gasteiger partial charge on any atom is -0.359 e. The summed E-state index contributed by atoms with van der Waals surface area (Å²) in [6.45, 7) is 0.798. The number of halogens is 1. The minimum absolute atomic E-state index is 0.00180. The Balaban J connectivity index is 2.31. The molecule has 20 heavy (non-hydrogen) atoms. The van der Waals surface area contributed by atoms with Gasteiger partial charge in [-0.05, 0) is 54.0 Å². The smallest absolute Gasteiger partial charge is 0.282 e. The van der Waals surface area contributed by atoms with Crippen LogP contribution in [0.3, 0.4) is 0 Å². The van der Waals surface area contributed by atoms with Gasteiger partial charge in [0.05, 0.1) is 8.49 Å². The number of nitrogens with one attached hydrogen (secondary N) is 1. The number of nitro benzene ring substituents is 1. The Kier molecular flexibility index (Phi) is 4.79. The molecule has 0 radical (unpaired) electrons. The van der Waals surface area contributed by atoms with Gasteiger partial charge < -0.3 is 10.2 Å². The van der Waals surface area contributed by atoms with Crippen molar-refractivity contribution in [2.75, 3.05) is 18.5 Å². The largest absolute Gasteiger partial charge is 0.359 e. The second-order valence-corrected chi connectivity index (χ2v) is 5.87. The summed E-state index contributed by atoms with van der Waals surface area (Å²) in [5.41, 5.74) is 0.969. The lowest BCUT2D eigenvalue weighted by molar-refractivity contribution is -0.385. The molecule has 1 fully saturated rings. The Labute approximate surface area is 130 Å². The maximum absolute atomic E-state index is 11.9. The molecule has 0 spiro atoms. The van der Waals surface area contributed by atoms with E-state index >= 15 is 0 Å². The van der Waals surface area contributed by atoms with Crippen molar-refractivity contribution in [2.24, 2.45) is 0 Å². The van der Waals surface area contributed by atoms with Crippen LogP contribution in [0.5, 0.6) is 0 Å². The van der Waals surface area contributed by atoms with Crippen molar-refractivity contribution < 1.29 is 9.72 Å². The summed E-state index contributed by atoms with van der Waals surface area (Å²) < 4.78 is 0.589. The molecular formula is C13H16IN3O3. The highest BCUT2D eigenvalue weighted by molar-refractivity contribution is 14.1. The fourth-order valence-electron chi connectivity index (χ4n) is 2.50. The van der Waals surface area contributed by atoms with Gasteiger partial charge in [-0.1, -0.05) is 0 Å². The number of nitro groups is 1. The van der Waals surface area contributed by atoms with Crippen LogP contribution in [0.2, 0.25) is 0 Å². The third kappa shape index (κ3) is 3.02. The van der Waals surface area contributed by atoms with Crippen LogP contribution in [0, 0.1) is 13.7 Å². The zero-order valence-corrected chi connectivity index (χ0v) is 13.3. The highest BCUT2D eigenvalue weighted by atomic mass is 127. The molecule has 6 nitrogen and oxygen atoms in total. The lowest BCUT2D eigenvalue weighted by atomic mass is 10.0. The van der Waals surface area contributed by atoms with Crippen molar-refractivity contribution in [1.29, 1.82) is 0 Å². The first-order chi connectivity index (χ1) is 9.54. The van der Waals surface area contributed by atoms with E-state index in [9.17, 15) is 14.9 Å². The molecule has 7 heteroatoms. The maximum atomic E-state index is 11.9. The van der Waals surface area contributed by atoms with Gasteiger partial charge in [-0.3, -0.25) is 14.9 Å². The highest BCUT2D eigenvalue weighted by Crippen LogP contribution is 2.30. The summed E-state index contributed by atoms with van der Waals surface area (Å²) in [6.07, 6.45) is 2.87. The summed E-state index contributed by atoms with van der Waals surface area (Å²) in [5, 5.41) is 13.5. The van der Waals surface area contributed by atoms with Gasteiger partial charge in [-0.15, -0.1) is 0 Å². The summed E-state index contributed by atoms with van der Waals surface area (Å²) in [4.78, 5) is 24.4. The van der Waals surface area contributed by atoms with E-state index in [-0.39, 0.29) is 17.6 Å². The Hall–Kier alpha value is -1.38. The summed E-state index contributed by atoms with van der Waals surface area (Å²) >= 11 is 1.96. The molecule has 0 bridgehead atoms. The molecule has 0 saturated carbocycles. The Morgan fingerprint density at radius 1 is 1.50 bits per heavy atom. The lowest BCUT2D eigenvalue weighted by Crippen LogP contribution is -2.48. The first-order valence-corrected chi connectivity index (χ1v) is 7.54. The monoisotopic (exact) mass is 389 g/mol. The fraction of sp³-hybridized carbons (Fsp3) is 0.462. The highest BCUT2D eigenvalue weighted by Gasteiger charge is 2.28. The van der Waals surface area contributed by atoms with E-state index in [2.05, 4.69) is 5.32 Å². The van der Waals surface area contributed by atoms with E-state index in [1.165, 1.54) is 6.07 Å². The van der Waals surface area contributed by atoms with Gasteiger partial charge in [0.25, 0.3) is 5.69 Å². The Morgan fingerprint density at radius 2 is 2.25 bits per heavy atom. The van der Waals surface area contributed by atoms with Crippen molar-refractivity contribution in [1.82, 2.24) is 5.32 Å². The molecule has 0 aromatic heterocycles. The molecular weight excluding hydrogens is 373 g/mol. The predicted molar refractivity (Wildman–Crippen MR) is 84.9 cm³/mol. The number of hydrogen-bond donors (Lipinski definition) is 1. The summed E-state index contributed by atoms with van der Waals surface area (Å²) in [5.74, 6) is -0.00180. The van der Waals surface area contributed by atoms with Crippen molar-refractivity contribution in [3.63, 3.8) is 0 Å². The normalized spacial score (nSPS) is 18.7. The van der Waals surface area contributed by atoms with Crippen LogP contribution < -0.4 is 10.2 Å². The maximum Gasteiger partial charge on any atom is 0.282 e. The van der Waals surface area contributed by atoms with Crippen molar-refractivity contribution in [2.45, 2.75) is 25.3 Å². The van der Waals surface area contributed by atoms with E-state index in [0.717, 1.165) is 31.5 Å². The first-order valence-electron chi connectivity index (χ1n) is 6.46. The van der Waals surface area contributed by atoms with Crippen molar-refractivity contribution >= 4 is 39.9 Å². The van der Waals surface area contributed by atoms with Crippen LogP contribution in [0.15, 0.2) is 18.2 Å².